The average molecular weight is 460 g/mol. The molecule has 0 radical (unpaired) electrons. The monoisotopic (exact) mass is 459 g/mol. The Labute approximate surface area is 195 Å². The second-order valence-corrected chi connectivity index (χ2v) is 8.42. The maximum atomic E-state index is 12.8. The SMILES string of the molecule is COc1cc(/C=C2\SC(=O)N(Cc3cccc(C)c3)C2=O)ccc1OC(=O)c1ccccc1. The van der Waals surface area contributed by atoms with Crippen LogP contribution in [0.1, 0.15) is 27.0 Å². The number of carbonyl (C=O) groups is 3. The molecule has 0 saturated carbocycles. The minimum Gasteiger partial charge on any atom is -0.493 e. The number of hydrogen-bond acceptors (Lipinski definition) is 6. The van der Waals surface area contributed by atoms with Gasteiger partial charge in [-0.25, -0.2) is 4.79 Å². The molecular formula is C26H21NO5S. The van der Waals surface area contributed by atoms with Gasteiger partial charge in [-0.2, -0.15) is 0 Å². The minimum atomic E-state index is -0.501. The number of esters is 1. The van der Waals surface area contributed by atoms with E-state index < -0.39 is 5.97 Å². The molecule has 1 saturated heterocycles. The zero-order chi connectivity index (χ0) is 23.4. The molecule has 1 aliphatic rings. The molecule has 166 valence electrons. The van der Waals surface area contributed by atoms with Gasteiger partial charge < -0.3 is 9.47 Å². The fourth-order valence-corrected chi connectivity index (χ4v) is 4.21. The van der Waals surface area contributed by atoms with Gasteiger partial charge in [0.1, 0.15) is 0 Å². The highest BCUT2D eigenvalue weighted by Gasteiger charge is 2.35. The van der Waals surface area contributed by atoms with Crippen LogP contribution in [0, 0.1) is 6.92 Å². The van der Waals surface area contributed by atoms with Gasteiger partial charge in [0, 0.05) is 0 Å². The molecule has 7 heteroatoms. The Kier molecular flexibility index (Phi) is 6.60. The van der Waals surface area contributed by atoms with E-state index in [9.17, 15) is 14.4 Å². The molecule has 0 N–H and O–H groups in total. The van der Waals surface area contributed by atoms with Gasteiger partial charge in [0.15, 0.2) is 11.5 Å². The number of amides is 2. The number of benzene rings is 3. The van der Waals surface area contributed by atoms with Crippen molar-refractivity contribution < 1.29 is 23.9 Å². The van der Waals surface area contributed by atoms with E-state index in [2.05, 4.69) is 0 Å². The summed E-state index contributed by atoms with van der Waals surface area (Å²) < 4.78 is 10.8. The van der Waals surface area contributed by atoms with Crippen molar-refractivity contribution in [2.24, 2.45) is 0 Å². The van der Waals surface area contributed by atoms with Gasteiger partial charge in [0.05, 0.1) is 24.1 Å². The Bertz CT molecular complexity index is 1250. The first-order valence-electron chi connectivity index (χ1n) is 10.2. The van der Waals surface area contributed by atoms with Gasteiger partial charge in [-0.3, -0.25) is 14.5 Å². The molecule has 0 spiro atoms. The van der Waals surface area contributed by atoms with Gasteiger partial charge in [-0.1, -0.05) is 54.1 Å². The van der Waals surface area contributed by atoms with E-state index in [1.165, 1.54) is 12.0 Å². The predicted octanol–water partition coefficient (Wildman–Crippen LogP) is 5.46. The van der Waals surface area contributed by atoms with E-state index in [1.807, 2.05) is 37.3 Å². The van der Waals surface area contributed by atoms with Gasteiger partial charge in [0.2, 0.25) is 0 Å². The summed E-state index contributed by atoms with van der Waals surface area (Å²) in [5.74, 6) is -0.243. The lowest BCUT2D eigenvalue weighted by Crippen LogP contribution is -2.27. The van der Waals surface area contributed by atoms with Crippen molar-refractivity contribution in [3.63, 3.8) is 0 Å². The van der Waals surface area contributed by atoms with Crippen LogP contribution in [0.25, 0.3) is 6.08 Å². The fraction of sp³-hybridized carbons (Fsp3) is 0.115. The third-order valence-corrected chi connectivity index (χ3v) is 5.90. The van der Waals surface area contributed by atoms with Gasteiger partial charge in [-0.15, -0.1) is 0 Å². The second kappa shape index (κ2) is 9.75. The first-order chi connectivity index (χ1) is 15.9. The number of imide groups is 1. The number of nitrogens with zero attached hydrogens (tertiary/aromatic N) is 1. The fourth-order valence-electron chi connectivity index (χ4n) is 3.37. The summed E-state index contributed by atoms with van der Waals surface area (Å²) in [6, 6.07) is 21.3. The zero-order valence-corrected chi connectivity index (χ0v) is 18.9. The normalized spacial score (nSPS) is 14.6. The van der Waals surface area contributed by atoms with E-state index in [0.29, 0.717) is 21.8 Å². The Morgan fingerprint density at radius 1 is 0.970 bits per heavy atom. The number of rotatable bonds is 6. The van der Waals surface area contributed by atoms with Gasteiger partial charge in [-0.05, 0) is 60.2 Å². The lowest BCUT2D eigenvalue weighted by Gasteiger charge is -2.13. The summed E-state index contributed by atoms with van der Waals surface area (Å²) >= 11 is 0.898. The Morgan fingerprint density at radius 2 is 1.76 bits per heavy atom. The van der Waals surface area contributed by atoms with Crippen molar-refractivity contribution in [3.05, 3.63) is 100.0 Å². The van der Waals surface area contributed by atoms with Crippen molar-refractivity contribution in [1.82, 2.24) is 4.90 Å². The lowest BCUT2D eigenvalue weighted by atomic mass is 10.1. The molecule has 3 aromatic rings. The van der Waals surface area contributed by atoms with Crippen LogP contribution in [-0.2, 0) is 11.3 Å². The van der Waals surface area contributed by atoms with Gasteiger partial charge in [0.25, 0.3) is 11.1 Å². The molecule has 1 heterocycles. The summed E-state index contributed by atoms with van der Waals surface area (Å²) in [6.45, 7) is 2.19. The zero-order valence-electron chi connectivity index (χ0n) is 18.1. The lowest BCUT2D eigenvalue weighted by molar-refractivity contribution is -0.123. The predicted molar refractivity (Wildman–Crippen MR) is 127 cm³/mol. The number of ether oxygens (including phenoxy) is 2. The van der Waals surface area contributed by atoms with Crippen LogP contribution in [0.15, 0.2) is 77.7 Å². The highest BCUT2D eigenvalue weighted by atomic mass is 32.2. The third-order valence-electron chi connectivity index (χ3n) is 4.99. The average Bonchev–Trinajstić information content (AvgIpc) is 3.08. The number of thioether (sulfide) groups is 1. The summed E-state index contributed by atoms with van der Waals surface area (Å²) in [7, 11) is 1.47. The van der Waals surface area contributed by atoms with Crippen molar-refractivity contribution in [2.45, 2.75) is 13.5 Å². The molecule has 6 nitrogen and oxygen atoms in total. The van der Waals surface area contributed by atoms with E-state index >= 15 is 0 Å². The Balaban J connectivity index is 1.52. The quantitative estimate of drug-likeness (QED) is 0.277. The first-order valence-corrected chi connectivity index (χ1v) is 11.0. The summed E-state index contributed by atoms with van der Waals surface area (Å²) in [4.78, 5) is 39.2. The standard InChI is InChI=1S/C26H21NO5S/c1-17-7-6-8-19(13-17)16-27-24(28)23(33-26(27)30)15-18-11-12-21(22(14-18)31-2)32-25(29)20-9-4-3-5-10-20/h3-15H,16H2,1-2H3/b23-15-. The van der Waals surface area contributed by atoms with Crippen LogP contribution >= 0.6 is 11.8 Å². The largest absolute Gasteiger partial charge is 0.493 e. The number of methoxy groups -OCH3 is 1. The Morgan fingerprint density at radius 3 is 2.48 bits per heavy atom. The molecule has 1 aliphatic heterocycles. The molecule has 0 atom stereocenters. The Hall–Kier alpha value is -3.84. The van der Waals surface area contributed by atoms with Crippen LogP contribution in [-0.4, -0.2) is 29.1 Å². The maximum Gasteiger partial charge on any atom is 0.343 e. The second-order valence-electron chi connectivity index (χ2n) is 7.42. The summed E-state index contributed by atoms with van der Waals surface area (Å²) in [5, 5.41) is -0.312. The molecule has 0 aliphatic carbocycles. The van der Waals surface area contributed by atoms with Crippen molar-refractivity contribution in [1.29, 1.82) is 0 Å². The molecule has 4 rings (SSSR count). The number of aryl methyl sites for hydroxylation is 1. The smallest absolute Gasteiger partial charge is 0.343 e. The highest BCUT2D eigenvalue weighted by molar-refractivity contribution is 8.18. The molecule has 0 bridgehead atoms. The molecule has 33 heavy (non-hydrogen) atoms. The molecule has 0 unspecified atom stereocenters. The van der Waals surface area contributed by atoms with E-state index in [-0.39, 0.29) is 23.4 Å². The van der Waals surface area contributed by atoms with E-state index in [0.717, 1.165) is 22.9 Å². The molecule has 2 amide bonds. The third kappa shape index (κ3) is 5.15. The number of carbonyl (C=O) groups excluding carboxylic acids is 3. The first kappa shape index (κ1) is 22.4. The molecule has 0 aromatic heterocycles. The highest BCUT2D eigenvalue weighted by Crippen LogP contribution is 2.35. The summed E-state index contributed by atoms with van der Waals surface area (Å²) in [6.07, 6.45) is 1.63. The molecular weight excluding hydrogens is 438 g/mol. The minimum absolute atomic E-state index is 0.224. The van der Waals surface area contributed by atoms with Crippen LogP contribution in [0.2, 0.25) is 0 Å². The van der Waals surface area contributed by atoms with Crippen molar-refractivity contribution in [2.75, 3.05) is 7.11 Å². The van der Waals surface area contributed by atoms with Crippen LogP contribution in [0.3, 0.4) is 0 Å². The number of hydrogen-bond donors (Lipinski definition) is 0. The van der Waals surface area contributed by atoms with Crippen LogP contribution < -0.4 is 9.47 Å². The van der Waals surface area contributed by atoms with Crippen LogP contribution in [0.5, 0.6) is 11.5 Å². The van der Waals surface area contributed by atoms with E-state index in [1.54, 1.807) is 48.5 Å². The van der Waals surface area contributed by atoms with Gasteiger partial charge >= 0.3 is 5.97 Å². The summed E-state index contributed by atoms with van der Waals surface area (Å²) in [5.41, 5.74) is 3.03. The maximum absolute atomic E-state index is 12.8. The van der Waals surface area contributed by atoms with Crippen LogP contribution in [0.4, 0.5) is 4.79 Å². The van der Waals surface area contributed by atoms with E-state index in [4.69, 9.17) is 9.47 Å². The van der Waals surface area contributed by atoms with Crippen molar-refractivity contribution in [3.8, 4) is 11.5 Å². The van der Waals surface area contributed by atoms with Crippen molar-refractivity contribution >= 4 is 35.0 Å². The molecule has 1 fully saturated rings. The molecule has 3 aromatic carbocycles. The topological polar surface area (TPSA) is 72.9 Å².